The lowest BCUT2D eigenvalue weighted by Gasteiger charge is -2.09. The molecule has 2 aromatic carbocycles. The maximum Gasteiger partial charge on any atom is 0.339 e. The molecule has 0 aliphatic rings. The van der Waals surface area contributed by atoms with Crippen LogP contribution in [0.3, 0.4) is 0 Å². The number of carboxylic acids is 2. The number of amides is 2. The van der Waals surface area contributed by atoms with E-state index in [1.54, 1.807) is 24.3 Å². The lowest BCUT2D eigenvalue weighted by atomic mass is 10.1. The molecule has 0 unspecified atom stereocenters. The van der Waals surface area contributed by atoms with Crippen molar-refractivity contribution < 1.29 is 29.7 Å². The number of rotatable bonds is 5. The maximum atomic E-state index is 11.9. The van der Waals surface area contributed by atoms with Crippen molar-refractivity contribution in [2.24, 2.45) is 0 Å². The van der Waals surface area contributed by atoms with Gasteiger partial charge in [-0.3, -0.25) is 4.79 Å². The Balaban J connectivity index is 2.02. The van der Waals surface area contributed by atoms with Crippen molar-refractivity contribution in [3.63, 3.8) is 0 Å². The third kappa shape index (κ3) is 4.47. The van der Waals surface area contributed by atoms with Crippen molar-refractivity contribution in [3.05, 3.63) is 53.6 Å². The van der Waals surface area contributed by atoms with E-state index in [1.165, 1.54) is 12.1 Å². The monoisotopic (exact) mass is 330 g/mol. The van der Waals surface area contributed by atoms with E-state index in [4.69, 9.17) is 10.2 Å². The quantitative estimate of drug-likeness (QED) is 0.534. The molecule has 0 radical (unpaired) electrons. The minimum Gasteiger partial charge on any atom is -0.507 e. The molecule has 5 N–H and O–H groups in total. The zero-order valence-electron chi connectivity index (χ0n) is 12.3. The predicted octanol–water partition coefficient (Wildman–Crippen LogP) is 2.36. The number of carbonyl (C=O) groups is 3. The van der Waals surface area contributed by atoms with Crippen LogP contribution in [0.15, 0.2) is 42.5 Å². The number of hydrogen-bond donors (Lipinski definition) is 5. The lowest BCUT2D eigenvalue weighted by molar-refractivity contribution is -0.136. The van der Waals surface area contributed by atoms with Gasteiger partial charge in [-0.2, -0.15) is 0 Å². The molecule has 8 nitrogen and oxygen atoms in total. The Hall–Kier alpha value is -3.55. The third-order valence-electron chi connectivity index (χ3n) is 3.05. The number of anilines is 2. The summed E-state index contributed by atoms with van der Waals surface area (Å²) in [4.78, 5) is 33.4. The molecular weight excluding hydrogens is 316 g/mol. The Morgan fingerprint density at radius 1 is 0.875 bits per heavy atom. The van der Waals surface area contributed by atoms with E-state index >= 15 is 0 Å². The van der Waals surface area contributed by atoms with Crippen LogP contribution < -0.4 is 10.6 Å². The summed E-state index contributed by atoms with van der Waals surface area (Å²) in [5, 5.41) is 32.0. The fourth-order valence-corrected chi connectivity index (χ4v) is 1.96. The summed E-state index contributed by atoms with van der Waals surface area (Å²) in [7, 11) is 0. The van der Waals surface area contributed by atoms with Gasteiger partial charge in [0.15, 0.2) is 0 Å². The number of aromatic hydroxyl groups is 1. The third-order valence-corrected chi connectivity index (χ3v) is 3.05. The topological polar surface area (TPSA) is 136 Å². The van der Waals surface area contributed by atoms with E-state index in [0.717, 1.165) is 6.07 Å². The average molecular weight is 330 g/mol. The Bertz CT molecular complexity index is 786. The normalized spacial score (nSPS) is 10.0. The van der Waals surface area contributed by atoms with Crippen LogP contribution in [0.25, 0.3) is 0 Å². The van der Waals surface area contributed by atoms with E-state index in [9.17, 15) is 19.5 Å². The molecule has 0 heterocycles. The molecular formula is C16H14N2O6. The largest absolute Gasteiger partial charge is 0.507 e. The Labute approximate surface area is 136 Å². The first-order valence-corrected chi connectivity index (χ1v) is 6.80. The zero-order chi connectivity index (χ0) is 17.7. The number of hydrogen-bond acceptors (Lipinski definition) is 4. The number of carbonyl (C=O) groups excluding carboxylic acids is 1. The van der Waals surface area contributed by atoms with Gasteiger partial charge in [0.1, 0.15) is 11.3 Å². The van der Waals surface area contributed by atoms with Crippen molar-refractivity contribution in [2.45, 2.75) is 6.42 Å². The van der Waals surface area contributed by atoms with E-state index < -0.39 is 23.7 Å². The van der Waals surface area contributed by atoms with Crippen molar-refractivity contribution >= 4 is 29.3 Å². The fraction of sp³-hybridized carbons (Fsp3) is 0.0625. The summed E-state index contributed by atoms with van der Waals surface area (Å²) < 4.78 is 0. The molecule has 2 aromatic rings. The van der Waals surface area contributed by atoms with Crippen LogP contribution >= 0.6 is 0 Å². The lowest BCUT2D eigenvalue weighted by Crippen LogP contribution is -2.19. The number of benzene rings is 2. The highest BCUT2D eigenvalue weighted by Crippen LogP contribution is 2.21. The molecule has 8 heteroatoms. The van der Waals surface area contributed by atoms with Crippen LogP contribution in [0.5, 0.6) is 5.75 Å². The first-order chi connectivity index (χ1) is 11.3. The molecule has 0 saturated heterocycles. The molecule has 2 amide bonds. The summed E-state index contributed by atoms with van der Waals surface area (Å²) in [6.45, 7) is 0. The SMILES string of the molecule is O=C(O)Cc1ccc(NC(=O)Nc2ccc(O)c(C(=O)O)c2)cc1. The zero-order valence-corrected chi connectivity index (χ0v) is 12.3. The van der Waals surface area contributed by atoms with E-state index in [-0.39, 0.29) is 17.7 Å². The van der Waals surface area contributed by atoms with Gasteiger partial charge in [-0.1, -0.05) is 12.1 Å². The second kappa shape index (κ2) is 7.14. The molecule has 0 bridgehead atoms. The highest BCUT2D eigenvalue weighted by Gasteiger charge is 2.11. The molecule has 0 aliphatic heterocycles. The predicted molar refractivity (Wildman–Crippen MR) is 85.5 cm³/mol. The minimum atomic E-state index is -1.31. The number of nitrogens with one attached hydrogen (secondary N) is 2. The molecule has 0 fully saturated rings. The molecule has 0 atom stereocenters. The van der Waals surface area contributed by atoms with Crippen molar-refractivity contribution in [1.29, 1.82) is 0 Å². The van der Waals surface area contributed by atoms with E-state index in [2.05, 4.69) is 10.6 Å². The van der Waals surface area contributed by atoms with Gasteiger partial charge in [0.25, 0.3) is 0 Å². The highest BCUT2D eigenvalue weighted by atomic mass is 16.4. The minimum absolute atomic E-state index is 0.113. The number of phenols is 1. The summed E-state index contributed by atoms with van der Waals surface area (Å²) in [6, 6.07) is 9.31. The molecule has 124 valence electrons. The Morgan fingerprint density at radius 2 is 1.46 bits per heavy atom. The van der Waals surface area contributed by atoms with E-state index in [1.807, 2.05) is 0 Å². The van der Waals surface area contributed by atoms with Gasteiger partial charge in [0.05, 0.1) is 6.42 Å². The van der Waals surface area contributed by atoms with Crippen LogP contribution in [-0.2, 0) is 11.2 Å². The van der Waals surface area contributed by atoms with Crippen molar-refractivity contribution in [3.8, 4) is 5.75 Å². The molecule has 0 aromatic heterocycles. The molecule has 2 rings (SSSR count). The van der Waals surface area contributed by atoms with E-state index in [0.29, 0.717) is 11.3 Å². The Morgan fingerprint density at radius 3 is 2.04 bits per heavy atom. The molecule has 0 saturated carbocycles. The fourth-order valence-electron chi connectivity index (χ4n) is 1.96. The highest BCUT2D eigenvalue weighted by molar-refractivity contribution is 6.01. The molecule has 0 spiro atoms. The number of aliphatic carboxylic acids is 1. The van der Waals surface area contributed by atoms with Crippen LogP contribution in [0.2, 0.25) is 0 Å². The van der Waals surface area contributed by atoms with Gasteiger partial charge in [-0.25, -0.2) is 9.59 Å². The van der Waals surface area contributed by atoms with Gasteiger partial charge in [0, 0.05) is 11.4 Å². The van der Waals surface area contributed by atoms with Gasteiger partial charge in [-0.15, -0.1) is 0 Å². The summed E-state index contributed by atoms with van der Waals surface area (Å²) >= 11 is 0. The average Bonchev–Trinajstić information content (AvgIpc) is 2.50. The molecule has 24 heavy (non-hydrogen) atoms. The smallest absolute Gasteiger partial charge is 0.339 e. The van der Waals surface area contributed by atoms with Crippen molar-refractivity contribution in [2.75, 3.05) is 10.6 Å². The first kappa shape index (κ1) is 16.8. The number of aromatic carboxylic acids is 1. The maximum absolute atomic E-state index is 11.9. The summed E-state index contributed by atoms with van der Waals surface area (Å²) in [5.41, 5.74) is 0.910. The van der Waals surface area contributed by atoms with Crippen LogP contribution in [-0.4, -0.2) is 33.3 Å². The van der Waals surface area contributed by atoms with Crippen LogP contribution in [0.1, 0.15) is 15.9 Å². The standard InChI is InChI=1S/C16H14N2O6/c19-13-6-5-11(8-12(13)15(22)23)18-16(24)17-10-3-1-9(2-4-10)7-14(20)21/h1-6,8,19H,7H2,(H,20,21)(H,22,23)(H2,17,18,24). The van der Waals surface area contributed by atoms with Gasteiger partial charge < -0.3 is 26.0 Å². The van der Waals surface area contributed by atoms with Gasteiger partial charge >= 0.3 is 18.0 Å². The summed E-state index contributed by atoms with van der Waals surface area (Å²) in [6.07, 6.45) is -0.113. The second-order valence-electron chi connectivity index (χ2n) is 4.88. The van der Waals surface area contributed by atoms with Crippen LogP contribution in [0.4, 0.5) is 16.2 Å². The second-order valence-corrected chi connectivity index (χ2v) is 4.88. The number of carboxylic acid groups (broad SMARTS) is 2. The Kier molecular flexibility index (Phi) is 5.00. The van der Waals surface area contributed by atoms with Gasteiger partial charge in [-0.05, 0) is 35.9 Å². The first-order valence-electron chi connectivity index (χ1n) is 6.80. The summed E-state index contributed by atoms with van der Waals surface area (Å²) in [5.74, 6) is -2.66. The van der Waals surface area contributed by atoms with Crippen LogP contribution in [0, 0.1) is 0 Å². The van der Waals surface area contributed by atoms with Gasteiger partial charge in [0.2, 0.25) is 0 Å². The molecule has 0 aliphatic carbocycles. The van der Waals surface area contributed by atoms with Crippen molar-refractivity contribution in [1.82, 2.24) is 0 Å². The number of urea groups is 1.